The molecule has 3 aliphatic rings. The van der Waals surface area contributed by atoms with Gasteiger partial charge in [0, 0.05) is 23.5 Å². The van der Waals surface area contributed by atoms with Crippen LogP contribution in [-0.2, 0) is 5.41 Å². The zero-order valence-corrected chi connectivity index (χ0v) is 15.0. The minimum atomic E-state index is 0.132. The maximum absolute atomic E-state index is 5.06. The van der Waals surface area contributed by atoms with Crippen molar-refractivity contribution in [3.8, 4) is 0 Å². The minimum absolute atomic E-state index is 0.132. The summed E-state index contributed by atoms with van der Waals surface area (Å²) in [5.74, 6) is 1.01. The van der Waals surface area contributed by atoms with E-state index in [0.29, 0.717) is 5.41 Å². The molecular formula is C22H23N3. The predicted molar refractivity (Wildman–Crippen MR) is 102 cm³/mol. The summed E-state index contributed by atoms with van der Waals surface area (Å²) in [5, 5.41) is 3.55. The first-order valence-corrected chi connectivity index (χ1v) is 9.00. The number of hydrogen-bond donors (Lipinski definition) is 1. The Morgan fingerprint density at radius 2 is 1.80 bits per heavy atom. The summed E-state index contributed by atoms with van der Waals surface area (Å²) in [6.45, 7) is 7.13. The quantitative estimate of drug-likeness (QED) is 0.853. The number of nitrogens with zero attached hydrogens (tertiary/aromatic N) is 2. The number of hydrogen-bond acceptors (Lipinski definition) is 3. The van der Waals surface area contributed by atoms with Gasteiger partial charge in [0.15, 0.2) is 0 Å². The summed E-state index contributed by atoms with van der Waals surface area (Å²) in [4.78, 5) is 7.32. The van der Waals surface area contributed by atoms with E-state index < -0.39 is 0 Å². The lowest BCUT2D eigenvalue weighted by atomic mass is 9.84. The molecule has 2 aliphatic heterocycles. The van der Waals surface area contributed by atoms with Crippen LogP contribution in [-0.4, -0.2) is 10.7 Å². The molecule has 2 atom stereocenters. The van der Waals surface area contributed by atoms with Gasteiger partial charge in [0.2, 0.25) is 0 Å². The summed E-state index contributed by atoms with van der Waals surface area (Å²) in [6, 6.07) is 17.1. The maximum atomic E-state index is 5.06. The third-order valence-electron chi connectivity index (χ3n) is 6.39. The highest BCUT2D eigenvalue weighted by molar-refractivity contribution is 6.02. The largest absolute Gasteiger partial charge is 0.366 e. The monoisotopic (exact) mass is 329 g/mol. The van der Waals surface area contributed by atoms with Crippen molar-refractivity contribution in [3.63, 3.8) is 0 Å². The Kier molecular flexibility index (Phi) is 2.81. The SMILES string of the molecule is CC1(C)CC1(C)c1cccc2c1C1NC=CN1C(c1ccccc1)=N2. The van der Waals surface area contributed by atoms with Gasteiger partial charge in [0.05, 0.1) is 5.69 Å². The molecule has 0 saturated heterocycles. The number of benzene rings is 2. The summed E-state index contributed by atoms with van der Waals surface area (Å²) in [6.07, 6.45) is 5.50. The molecule has 126 valence electrons. The lowest BCUT2D eigenvalue weighted by Crippen LogP contribution is -2.36. The van der Waals surface area contributed by atoms with E-state index in [1.54, 1.807) is 0 Å². The molecule has 2 heterocycles. The molecular weight excluding hydrogens is 306 g/mol. The average Bonchev–Trinajstić information content (AvgIpc) is 2.98. The Balaban J connectivity index is 1.71. The van der Waals surface area contributed by atoms with E-state index in [1.807, 2.05) is 12.3 Å². The summed E-state index contributed by atoms with van der Waals surface area (Å²) in [7, 11) is 0. The van der Waals surface area contributed by atoms with Crippen molar-refractivity contribution >= 4 is 11.5 Å². The molecule has 1 saturated carbocycles. The fourth-order valence-corrected chi connectivity index (χ4v) is 4.49. The third kappa shape index (κ3) is 1.95. The first-order valence-electron chi connectivity index (χ1n) is 9.00. The van der Waals surface area contributed by atoms with Crippen molar-refractivity contribution in [2.75, 3.05) is 0 Å². The lowest BCUT2D eigenvalue weighted by molar-refractivity contribution is 0.398. The van der Waals surface area contributed by atoms with E-state index in [2.05, 4.69) is 79.7 Å². The normalized spacial score (nSPS) is 28.0. The van der Waals surface area contributed by atoms with E-state index in [4.69, 9.17) is 4.99 Å². The standard InChI is InChI=1S/C22H23N3/c1-21(2)14-22(21,3)16-10-7-11-17-18(16)20-23-12-13-25(20)19(24-17)15-8-5-4-6-9-15/h4-13,20,23H,14H2,1-3H3. The van der Waals surface area contributed by atoms with Crippen molar-refractivity contribution in [3.05, 3.63) is 77.6 Å². The molecule has 0 amide bonds. The molecule has 1 fully saturated rings. The highest BCUT2D eigenvalue weighted by atomic mass is 15.3. The van der Waals surface area contributed by atoms with Gasteiger partial charge in [-0.2, -0.15) is 0 Å². The fraction of sp³-hybridized carbons (Fsp3) is 0.318. The van der Waals surface area contributed by atoms with Crippen molar-refractivity contribution < 1.29 is 0 Å². The van der Waals surface area contributed by atoms with Gasteiger partial charge < -0.3 is 10.2 Å². The van der Waals surface area contributed by atoms with E-state index in [0.717, 1.165) is 17.1 Å². The van der Waals surface area contributed by atoms with Gasteiger partial charge in [-0.3, -0.25) is 0 Å². The van der Waals surface area contributed by atoms with Crippen LogP contribution >= 0.6 is 0 Å². The second-order valence-corrected chi connectivity index (χ2v) is 8.22. The molecule has 25 heavy (non-hydrogen) atoms. The van der Waals surface area contributed by atoms with E-state index >= 15 is 0 Å². The number of aliphatic imine (C=N–C) groups is 1. The van der Waals surface area contributed by atoms with E-state index in [-0.39, 0.29) is 11.6 Å². The summed E-state index contributed by atoms with van der Waals surface area (Å²) in [5.41, 5.74) is 5.60. The fourth-order valence-electron chi connectivity index (χ4n) is 4.49. The zero-order valence-electron chi connectivity index (χ0n) is 15.0. The summed E-state index contributed by atoms with van der Waals surface area (Å²) < 4.78 is 0. The van der Waals surface area contributed by atoms with Crippen LogP contribution in [0.15, 0.2) is 65.9 Å². The van der Waals surface area contributed by atoms with E-state index in [1.165, 1.54) is 17.5 Å². The second kappa shape index (κ2) is 4.75. The Morgan fingerprint density at radius 1 is 1.04 bits per heavy atom. The van der Waals surface area contributed by atoms with Crippen LogP contribution in [0.2, 0.25) is 0 Å². The average molecular weight is 329 g/mol. The molecule has 2 unspecified atom stereocenters. The first kappa shape index (κ1) is 14.8. The lowest BCUT2D eigenvalue weighted by Gasteiger charge is -2.35. The number of rotatable bonds is 2. The molecule has 5 rings (SSSR count). The van der Waals surface area contributed by atoms with Crippen molar-refractivity contribution in [1.29, 1.82) is 0 Å². The van der Waals surface area contributed by atoms with Gasteiger partial charge in [-0.05, 0) is 28.9 Å². The second-order valence-electron chi connectivity index (χ2n) is 8.22. The molecule has 3 nitrogen and oxygen atoms in total. The van der Waals surface area contributed by atoms with Gasteiger partial charge in [0.25, 0.3) is 0 Å². The first-order chi connectivity index (χ1) is 12.0. The predicted octanol–water partition coefficient (Wildman–Crippen LogP) is 4.84. The van der Waals surface area contributed by atoms with Gasteiger partial charge in [-0.1, -0.05) is 63.2 Å². The van der Waals surface area contributed by atoms with Gasteiger partial charge in [0.1, 0.15) is 12.0 Å². The van der Waals surface area contributed by atoms with Crippen LogP contribution < -0.4 is 5.32 Å². The Hall–Kier alpha value is -2.55. The molecule has 1 N–H and O–H groups in total. The minimum Gasteiger partial charge on any atom is -0.366 e. The highest BCUT2D eigenvalue weighted by Crippen LogP contribution is 2.65. The van der Waals surface area contributed by atoms with Gasteiger partial charge in [-0.15, -0.1) is 0 Å². The molecule has 1 aliphatic carbocycles. The van der Waals surface area contributed by atoms with Crippen LogP contribution in [0.1, 0.15) is 50.0 Å². The molecule has 3 heteroatoms. The van der Waals surface area contributed by atoms with E-state index in [9.17, 15) is 0 Å². The maximum Gasteiger partial charge on any atom is 0.142 e. The number of amidine groups is 1. The molecule has 0 bridgehead atoms. The van der Waals surface area contributed by atoms with Crippen molar-refractivity contribution in [2.24, 2.45) is 10.4 Å². The van der Waals surface area contributed by atoms with Gasteiger partial charge >= 0.3 is 0 Å². The Bertz CT molecular complexity index is 910. The van der Waals surface area contributed by atoms with Gasteiger partial charge in [-0.25, -0.2) is 4.99 Å². The molecule has 0 aromatic heterocycles. The van der Waals surface area contributed by atoms with Crippen LogP contribution in [0.25, 0.3) is 0 Å². The zero-order chi connectivity index (χ0) is 17.2. The Morgan fingerprint density at radius 3 is 2.52 bits per heavy atom. The summed E-state index contributed by atoms with van der Waals surface area (Å²) >= 11 is 0. The van der Waals surface area contributed by atoms with Crippen molar-refractivity contribution in [1.82, 2.24) is 10.2 Å². The third-order valence-corrected chi connectivity index (χ3v) is 6.39. The van der Waals surface area contributed by atoms with Crippen molar-refractivity contribution in [2.45, 2.75) is 38.8 Å². The van der Waals surface area contributed by atoms with Crippen LogP contribution in [0.3, 0.4) is 0 Å². The number of fused-ring (bicyclic) bond motifs is 3. The van der Waals surface area contributed by atoms with Crippen LogP contribution in [0.5, 0.6) is 0 Å². The Labute approximate surface area is 149 Å². The smallest absolute Gasteiger partial charge is 0.142 e. The highest BCUT2D eigenvalue weighted by Gasteiger charge is 2.59. The topological polar surface area (TPSA) is 27.6 Å². The van der Waals surface area contributed by atoms with Crippen LogP contribution in [0.4, 0.5) is 5.69 Å². The molecule has 0 radical (unpaired) electrons. The molecule has 2 aromatic rings. The number of nitrogens with one attached hydrogen (secondary N) is 1. The molecule has 0 spiro atoms. The van der Waals surface area contributed by atoms with Crippen LogP contribution in [0, 0.1) is 5.41 Å². The molecule has 2 aromatic carbocycles.